The quantitative estimate of drug-likeness (QED) is 0.864. The Bertz CT molecular complexity index is 669. The zero-order valence-corrected chi connectivity index (χ0v) is 14.1. The van der Waals surface area contributed by atoms with E-state index >= 15 is 0 Å². The van der Waals surface area contributed by atoms with Crippen molar-refractivity contribution in [2.24, 2.45) is 0 Å². The van der Waals surface area contributed by atoms with Gasteiger partial charge >= 0.3 is 0 Å². The van der Waals surface area contributed by atoms with Crippen LogP contribution < -0.4 is 4.74 Å². The molecule has 1 saturated heterocycles. The van der Waals surface area contributed by atoms with Crippen molar-refractivity contribution in [1.82, 2.24) is 15.1 Å². The predicted octanol–water partition coefficient (Wildman–Crippen LogP) is 2.74. The van der Waals surface area contributed by atoms with Crippen molar-refractivity contribution in [1.29, 1.82) is 0 Å². The van der Waals surface area contributed by atoms with E-state index < -0.39 is 0 Å². The highest BCUT2D eigenvalue weighted by Crippen LogP contribution is 2.29. The summed E-state index contributed by atoms with van der Waals surface area (Å²) in [5.74, 6) is 1.82. The lowest BCUT2D eigenvalue weighted by molar-refractivity contribution is -0.131. The minimum Gasteiger partial charge on any atom is -0.496 e. The van der Waals surface area contributed by atoms with E-state index in [1.54, 1.807) is 7.11 Å². The van der Waals surface area contributed by atoms with Gasteiger partial charge in [0.1, 0.15) is 5.75 Å². The lowest BCUT2D eigenvalue weighted by Gasteiger charge is -2.41. The molecule has 2 aromatic rings. The van der Waals surface area contributed by atoms with Gasteiger partial charge in [0.25, 0.3) is 5.89 Å². The van der Waals surface area contributed by atoms with Crippen LogP contribution in [0.3, 0.4) is 0 Å². The van der Waals surface area contributed by atoms with Crippen LogP contribution in [0, 0.1) is 0 Å². The molecule has 0 amide bonds. The van der Waals surface area contributed by atoms with Crippen LogP contribution in [0.1, 0.15) is 26.7 Å². The van der Waals surface area contributed by atoms with Gasteiger partial charge in [0.15, 0.2) is 0 Å². The van der Waals surface area contributed by atoms with Crippen LogP contribution >= 0.6 is 0 Å². The molecule has 124 valence electrons. The van der Waals surface area contributed by atoms with Gasteiger partial charge in [-0.1, -0.05) is 12.1 Å². The van der Waals surface area contributed by atoms with Gasteiger partial charge in [-0.15, -0.1) is 10.2 Å². The average molecular weight is 317 g/mol. The maximum atomic E-state index is 5.92. The summed E-state index contributed by atoms with van der Waals surface area (Å²) in [5.41, 5.74) is 0.646. The molecule has 1 atom stereocenters. The second-order valence-electron chi connectivity index (χ2n) is 6.56. The first-order valence-electron chi connectivity index (χ1n) is 7.83. The predicted molar refractivity (Wildman–Crippen MR) is 86.2 cm³/mol. The first kappa shape index (κ1) is 16.0. The fourth-order valence-electron chi connectivity index (χ4n) is 3.15. The number of para-hydroxylation sites is 1. The number of ether oxygens (including phenoxy) is 2. The van der Waals surface area contributed by atoms with Crippen LogP contribution in [-0.4, -0.2) is 47.0 Å². The van der Waals surface area contributed by atoms with E-state index in [1.807, 2.05) is 24.3 Å². The first-order valence-corrected chi connectivity index (χ1v) is 7.83. The van der Waals surface area contributed by atoms with Gasteiger partial charge < -0.3 is 13.9 Å². The summed E-state index contributed by atoms with van der Waals surface area (Å²) >= 11 is 0. The number of methoxy groups -OCH3 is 1. The molecule has 1 aliphatic heterocycles. The fraction of sp³-hybridized carbons (Fsp3) is 0.529. The Labute approximate surface area is 136 Å². The van der Waals surface area contributed by atoms with Crippen molar-refractivity contribution in [3.05, 3.63) is 30.2 Å². The number of hydrogen-bond acceptors (Lipinski definition) is 6. The lowest BCUT2D eigenvalue weighted by atomic mass is 10.1. The van der Waals surface area contributed by atoms with E-state index in [0.717, 1.165) is 24.4 Å². The Kier molecular flexibility index (Phi) is 4.37. The Hall–Kier alpha value is -1.92. The van der Waals surface area contributed by atoms with Crippen LogP contribution in [0.5, 0.6) is 5.75 Å². The van der Waals surface area contributed by atoms with Crippen LogP contribution in [0.2, 0.25) is 0 Å². The van der Waals surface area contributed by atoms with Gasteiger partial charge in [0.05, 0.1) is 30.9 Å². The topological polar surface area (TPSA) is 60.6 Å². The summed E-state index contributed by atoms with van der Waals surface area (Å²) < 4.78 is 17.1. The summed E-state index contributed by atoms with van der Waals surface area (Å²) in [7, 11) is 1.63. The molecule has 0 saturated carbocycles. The van der Waals surface area contributed by atoms with Crippen LogP contribution in [-0.2, 0) is 11.3 Å². The van der Waals surface area contributed by atoms with Crippen molar-refractivity contribution in [2.75, 3.05) is 20.2 Å². The van der Waals surface area contributed by atoms with Gasteiger partial charge in [-0.2, -0.15) is 0 Å². The summed E-state index contributed by atoms with van der Waals surface area (Å²) in [4.78, 5) is 2.29. The number of nitrogens with zero attached hydrogens (tertiary/aromatic N) is 3. The molecule has 1 aliphatic rings. The average Bonchev–Trinajstić information content (AvgIpc) is 2.93. The van der Waals surface area contributed by atoms with Crippen molar-refractivity contribution < 1.29 is 13.9 Å². The van der Waals surface area contributed by atoms with Crippen LogP contribution in [0.15, 0.2) is 28.7 Å². The molecule has 1 fully saturated rings. The molecule has 23 heavy (non-hydrogen) atoms. The SMILES string of the molecule is COc1ccccc1-c1nnc(CN2CC(C)OC(C)(C)C2)o1. The molecule has 6 nitrogen and oxygen atoms in total. The van der Waals surface area contributed by atoms with Gasteiger partial charge in [0.2, 0.25) is 5.89 Å². The Morgan fingerprint density at radius 3 is 2.83 bits per heavy atom. The largest absolute Gasteiger partial charge is 0.496 e. The van der Waals surface area contributed by atoms with E-state index in [1.165, 1.54) is 0 Å². The maximum absolute atomic E-state index is 5.92. The highest BCUT2D eigenvalue weighted by Gasteiger charge is 2.32. The first-order chi connectivity index (χ1) is 11.0. The highest BCUT2D eigenvalue weighted by atomic mass is 16.5. The molecule has 3 rings (SSSR count). The zero-order valence-electron chi connectivity index (χ0n) is 14.1. The third kappa shape index (κ3) is 3.71. The number of aromatic nitrogens is 2. The molecule has 0 bridgehead atoms. The Morgan fingerprint density at radius 2 is 2.09 bits per heavy atom. The van der Waals surface area contributed by atoms with E-state index in [-0.39, 0.29) is 11.7 Å². The number of rotatable bonds is 4. The molecule has 1 unspecified atom stereocenters. The normalized spacial score (nSPS) is 21.3. The third-order valence-electron chi connectivity index (χ3n) is 3.80. The number of benzene rings is 1. The second kappa shape index (κ2) is 6.29. The fourth-order valence-corrected chi connectivity index (χ4v) is 3.15. The standard InChI is InChI=1S/C17H23N3O3/c1-12-9-20(11-17(2,3)23-12)10-15-18-19-16(22-15)13-7-5-6-8-14(13)21-4/h5-8,12H,9-11H2,1-4H3. The van der Waals surface area contributed by atoms with Crippen molar-refractivity contribution >= 4 is 0 Å². The van der Waals surface area contributed by atoms with Crippen molar-refractivity contribution in [3.8, 4) is 17.2 Å². The van der Waals surface area contributed by atoms with Crippen LogP contribution in [0.25, 0.3) is 11.5 Å². The number of morpholine rings is 1. The molecule has 0 spiro atoms. The second-order valence-corrected chi connectivity index (χ2v) is 6.56. The molecule has 1 aromatic heterocycles. The molecule has 2 heterocycles. The van der Waals surface area contributed by atoms with E-state index in [2.05, 4.69) is 35.9 Å². The molecule has 0 radical (unpaired) electrons. The molecular formula is C17H23N3O3. The smallest absolute Gasteiger partial charge is 0.251 e. The monoisotopic (exact) mass is 317 g/mol. The van der Waals surface area contributed by atoms with Gasteiger partial charge in [-0.05, 0) is 32.9 Å². The van der Waals surface area contributed by atoms with Crippen molar-refractivity contribution in [3.63, 3.8) is 0 Å². The van der Waals surface area contributed by atoms with Gasteiger partial charge in [0, 0.05) is 13.1 Å². The Morgan fingerprint density at radius 1 is 1.30 bits per heavy atom. The maximum Gasteiger partial charge on any atom is 0.251 e. The molecule has 0 N–H and O–H groups in total. The van der Waals surface area contributed by atoms with E-state index in [4.69, 9.17) is 13.9 Å². The van der Waals surface area contributed by atoms with Gasteiger partial charge in [-0.25, -0.2) is 0 Å². The van der Waals surface area contributed by atoms with E-state index in [9.17, 15) is 0 Å². The van der Waals surface area contributed by atoms with Gasteiger partial charge in [-0.3, -0.25) is 4.90 Å². The Balaban J connectivity index is 1.75. The number of hydrogen-bond donors (Lipinski definition) is 0. The zero-order chi connectivity index (χ0) is 16.4. The summed E-state index contributed by atoms with van der Waals surface area (Å²) in [6, 6.07) is 7.63. The lowest BCUT2D eigenvalue weighted by Crippen LogP contribution is -2.51. The molecule has 1 aromatic carbocycles. The minimum atomic E-state index is -0.164. The molecular weight excluding hydrogens is 294 g/mol. The summed E-state index contributed by atoms with van der Waals surface area (Å²) in [6.45, 7) is 8.61. The molecule has 0 aliphatic carbocycles. The van der Waals surface area contributed by atoms with Crippen LogP contribution in [0.4, 0.5) is 0 Å². The summed E-state index contributed by atoms with van der Waals surface area (Å²) in [5, 5.41) is 8.34. The van der Waals surface area contributed by atoms with E-state index in [0.29, 0.717) is 18.3 Å². The third-order valence-corrected chi connectivity index (χ3v) is 3.80. The molecule has 6 heteroatoms. The van der Waals surface area contributed by atoms with Crippen molar-refractivity contribution in [2.45, 2.75) is 39.0 Å². The summed E-state index contributed by atoms with van der Waals surface area (Å²) in [6.07, 6.45) is 0.190. The minimum absolute atomic E-state index is 0.164. The highest BCUT2D eigenvalue weighted by molar-refractivity contribution is 5.62.